The molecule has 0 unspecified atom stereocenters. The van der Waals surface area contributed by atoms with E-state index in [1.807, 2.05) is 4.90 Å². The molecule has 0 radical (unpaired) electrons. The number of nitrogens with two attached hydrogens (primary N) is 2. The van der Waals surface area contributed by atoms with Crippen LogP contribution < -0.4 is 10.9 Å². The Labute approximate surface area is 131 Å². The monoisotopic (exact) mass is 325 g/mol. The van der Waals surface area contributed by atoms with Crippen molar-refractivity contribution in [2.24, 2.45) is 16.8 Å². The largest absolute Gasteiger partial charge is 0.334 e. The second kappa shape index (κ2) is 6.76. The Morgan fingerprint density at radius 3 is 2.77 bits per heavy atom. The van der Waals surface area contributed by atoms with Gasteiger partial charge in [0.05, 0.1) is 5.75 Å². The summed E-state index contributed by atoms with van der Waals surface area (Å²) in [6, 6.07) is 6.66. The molecule has 0 spiro atoms. The van der Waals surface area contributed by atoms with Crippen molar-refractivity contribution >= 4 is 15.9 Å². The molecule has 0 bridgehead atoms. The van der Waals surface area contributed by atoms with Crippen molar-refractivity contribution in [1.29, 1.82) is 0 Å². The van der Waals surface area contributed by atoms with Gasteiger partial charge >= 0.3 is 0 Å². The molecule has 0 aliphatic carbocycles. The maximum atomic E-state index is 12.7. The fourth-order valence-corrected chi connectivity index (χ4v) is 3.70. The van der Waals surface area contributed by atoms with Crippen molar-refractivity contribution in [3.8, 4) is 0 Å². The second-order valence-electron chi connectivity index (χ2n) is 5.93. The predicted octanol–water partition coefficient (Wildman–Crippen LogP) is 0.675. The summed E-state index contributed by atoms with van der Waals surface area (Å²) >= 11 is 0. The van der Waals surface area contributed by atoms with E-state index < -0.39 is 10.0 Å². The van der Waals surface area contributed by atoms with Crippen LogP contribution in [0.25, 0.3) is 0 Å². The number of likely N-dealkylation sites (tertiary alicyclic amines) is 1. The lowest BCUT2D eigenvalue weighted by atomic mass is 9.90. The molecule has 1 fully saturated rings. The number of carbonyl (C=O) groups is 1. The van der Waals surface area contributed by atoms with E-state index in [0.29, 0.717) is 30.1 Å². The molecule has 122 valence electrons. The lowest BCUT2D eigenvalue weighted by Gasteiger charge is -2.39. The highest BCUT2D eigenvalue weighted by molar-refractivity contribution is 7.88. The van der Waals surface area contributed by atoms with Crippen LogP contribution in [0, 0.1) is 5.92 Å². The smallest absolute Gasteiger partial charge is 0.254 e. The lowest BCUT2D eigenvalue weighted by Crippen LogP contribution is -2.51. The van der Waals surface area contributed by atoms with Crippen LogP contribution in [-0.4, -0.2) is 38.4 Å². The van der Waals surface area contributed by atoms with E-state index in [0.717, 1.165) is 12.8 Å². The van der Waals surface area contributed by atoms with Crippen LogP contribution in [0.15, 0.2) is 24.3 Å². The average Bonchev–Trinajstić information content (AvgIpc) is 2.44. The highest BCUT2D eigenvalue weighted by atomic mass is 32.2. The Morgan fingerprint density at radius 1 is 1.41 bits per heavy atom. The molecule has 7 heteroatoms. The fourth-order valence-electron chi connectivity index (χ4n) is 3.05. The van der Waals surface area contributed by atoms with Gasteiger partial charge in [-0.1, -0.05) is 19.1 Å². The summed E-state index contributed by atoms with van der Waals surface area (Å²) < 4.78 is 22.4. The van der Waals surface area contributed by atoms with Gasteiger partial charge in [0.2, 0.25) is 10.0 Å². The molecule has 1 aliphatic heterocycles. The van der Waals surface area contributed by atoms with Gasteiger partial charge in [0.25, 0.3) is 5.91 Å². The van der Waals surface area contributed by atoms with Crippen molar-refractivity contribution in [2.45, 2.75) is 31.6 Å². The maximum absolute atomic E-state index is 12.7. The molecular formula is C15H23N3O3S. The normalized spacial score (nSPS) is 22.6. The molecule has 2 rings (SSSR count). The maximum Gasteiger partial charge on any atom is 0.254 e. The van der Waals surface area contributed by atoms with E-state index in [2.05, 4.69) is 6.92 Å². The Kier molecular flexibility index (Phi) is 5.20. The van der Waals surface area contributed by atoms with E-state index in [-0.39, 0.29) is 17.7 Å². The number of rotatable bonds is 4. The molecule has 1 amide bonds. The zero-order chi connectivity index (χ0) is 16.3. The highest BCUT2D eigenvalue weighted by Gasteiger charge is 2.31. The number of sulfonamides is 1. The number of carbonyl (C=O) groups excluding carboxylic acids is 1. The van der Waals surface area contributed by atoms with Gasteiger partial charge in [0.15, 0.2) is 0 Å². The predicted molar refractivity (Wildman–Crippen MR) is 85.5 cm³/mol. The van der Waals surface area contributed by atoms with E-state index in [1.54, 1.807) is 24.3 Å². The van der Waals surface area contributed by atoms with Gasteiger partial charge in [-0.25, -0.2) is 13.6 Å². The number of nitrogens with zero attached hydrogens (tertiary/aromatic N) is 1. The van der Waals surface area contributed by atoms with Crippen molar-refractivity contribution in [2.75, 3.05) is 13.1 Å². The SMILES string of the molecule is C[C@H]1CCCN(C(=O)c2cccc(CS(N)(=O)=O)c2)[C@@H]1CN. The number of benzene rings is 1. The van der Waals surface area contributed by atoms with Gasteiger partial charge in [-0.15, -0.1) is 0 Å². The van der Waals surface area contributed by atoms with Crippen LogP contribution in [0.2, 0.25) is 0 Å². The van der Waals surface area contributed by atoms with Gasteiger partial charge in [-0.2, -0.15) is 0 Å². The first-order valence-electron chi connectivity index (χ1n) is 7.42. The molecule has 1 heterocycles. The summed E-state index contributed by atoms with van der Waals surface area (Å²) in [6.07, 6.45) is 2.03. The number of primary sulfonamides is 1. The Bertz CT molecular complexity index is 645. The van der Waals surface area contributed by atoms with Crippen LogP contribution in [0.1, 0.15) is 35.7 Å². The summed E-state index contributed by atoms with van der Waals surface area (Å²) in [4.78, 5) is 14.5. The first kappa shape index (κ1) is 16.9. The molecule has 1 aliphatic rings. The molecule has 0 aromatic heterocycles. The standard InChI is InChI=1S/C15H23N3O3S/c1-11-4-3-7-18(14(11)9-16)15(19)13-6-2-5-12(8-13)10-22(17,20)21/h2,5-6,8,11,14H,3-4,7,9-10,16H2,1H3,(H2,17,20,21)/t11-,14+/m0/s1. The second-order valence-corrected chi connectivity index (χ2v) is 7.54. The molecule has 2 atom stereocenters. The van der Waals surface area contributed by atoms with Gasteiger partial charge in [-0.05, 0) is 36.5 Å². The van der Waals surface area contributed by atoms with Gasteiger partial charge in [-0.3, -0.25) is 4.79 Å². The molecule has 6 nitrogen and oxygen atoms in total. The average molecular weight is 325 g/mol. The summed E-state index contributed by atoms with van der Waals surface area (Å²) in [5, 5.41) is 5.06. The van der Waals surface area contributed by atoms with E-state index in [1.165, 1.54) is 0 Å². The molecular weight excluding hydrogens is 302 g/mol. The summed E-state index contributed by atoms with van der Waals surface area (Å²) in [5.41, 5.74) is 6.82. The van der Waals surface area contributed by atoms with Crippen molar-refractivity contribution in [1.82, 2.24) is 4.90 Å². The topological polar surface area (TPSA) is 106 Å². The molecule has 4 N–H and O–H groups in total. The molecule has 0 saturated carbocycles. The quantitative estimate of drug-likeness (QED) is 0.848. The highest BCUT2D eigenvalue weighted by Crippen LogP contribution is 2.24. The van der Waals surface area contributed by atoms with Crippen molar-refractivity contribution < 1.29 is 13.2 Å². The molecule has 1 saturated heterocycles. The first-order valence-corrected chi connectivity index (χ1v) is 9.14. The van der Waals surface area contributed by atoms with Gasteiger partial charge < -0.3 is 10.6 Å². The summed E-state index contributed by atoms with van der Waals surface area (Å²) in [7, 11) is -3.61. The minimum atomic E-state index is -3.61. The van der Waals surface area contributed by atoms with Crippen LogP contribution in [0.5, 0.6) is 0 Å². The lowest BCUT2D eigenvalue weighted by molar-refractivity contribution is 0.0532. The third kappa shape index (κ3) is 4.06. The molecule has 1 aromatic rings. The zero-order valence-corrected chi connectivity index (χ0v) is 13.6. The zero-order valence-electron chi connectivity index (χ0n) is 12.7. The van der Waals surface area contributed by atoms with E-state index in [4.69, 9.17) is 10.9 Å². The fraction of sp³-hybridized carbons (Fsp3) is 0.533. The number of piperidine rings is 1. The third-order valence-corrected chi connectivity index (χ3v) is 4.90. The van der Waals surface area contributed by atoms with Crippen LogP contribution >= 0.6 is 0 Å². The van der Waals surface area contributed by atoms with Crippen molar-refractivity contribution in [3.05, 3.63) is 35.4 Å². The summed E-state index contributed by atoms with van der Waals surface area (Å²) in [6.45, 7) is 3.22. The van der Waals surface area contributed by atoms with Gasteiger partial charge in [0.1, 0.15) is 0 Å². The van der Waals surface area contributed by atoms with Gasteiger partial charge in [0, 0.05) is 24.7 Å². The number of hydrogen-bond acceptors (Lipinski definition) is 4. The Balaban J connectivity index is 2.23. The van der Waals surface area contributed by atoms with E-state index in [9.17, 15) is 13.2 Å². The van der Waals surface area contributed by atoms with E-state index >= 15 is 0 Å². The van der Waals surface area contributed by atoms with Crippen LogP contribution in [0.4, 0.5) is 0 Å². The van der Waals surface area contributed by atoms with Crippen LogP contribution in [-0.2, 0) is 15.8 Å². The van der Waals surface area contributed by atoms with Crippen LogP contribution in [0.3, 0.4) is 0 Å². The minimum absolute atomic E-state index is 0.0307. The molecule has 22 heavy (non-hydrogen) atoms. The number of amides is 1. The Hall–Kier alpha value is -1.44. The van der Waals surface area contributed by atoms with Crippen molar-refractivity contribution in [3.63, 3.8) is 0 Å². The minimum Gasteiger partial charge on any atom is -0.334 e. The molecule has 1 aromatic carbocycles. The third-order valence-electron chi connectivity index (χ3n) is 4.16. The summed E-state index contributed by atoms with van der Waals surface area (Å²) in [5.74, 6) is -0.00115. The Morgan fingerprint density at radius 2 is 2.14 bits per heavy atom. The number of hydrogen-bond donors (Lipinski definition) is 2. The first-order chi connectivity index (χ1) is 10.3.